The third-order valence-electron chi connectivity index (χ3n) is 6.57. The highest BCUT2D eigenvalue weighted by molar-refractivity contribution is 5.87. The van der Waals surface area contributed by atoms with Crippen molar-refractivity contribution in [2.24, 2.45) is 0 Å². The highest BCUT2D eigenvalue weighted by Crippen LogP contribution is 2.38. The van der Waals surface area contributed by atoms with Crippen LogP contribution in [-0.2, 0) is 0 Å². The summed E-state index contributed by atoms with van der Waals surface area (Å²) in [7, 11) is 0. The molecule has 6 aromatic rings. The zero-order valence-electron chi connectivity index (χ0n) is 22.9. The minimum Gasteiger partial charge on any atom is -0.438 e. The summed E-state index contributed by atoms with van der Waals surface area (Å²) in [6, 6.07) is 18.1. The van der Waals surface area contributed by atoms with E-state index in [9.17, 15) is 20.2 Å². The van der Waals surface area contributed by atoms with E-state index in [4.69, 9.17) is 18.9 Å². The van der Waals surface area contributed by atoms with Gasteiger partial charge >= 0.3 is 12.0 Å². The minimum absolute atomic E-state index is 0.0872. The van der Waals surface area contributed by atoms with Crippen molar-refractivity contribution in [3.05, 3.63) is 104 Å². The van der Waals surface area contributed by atoms with Crippen LogP contribution in [0, 0.1) is 34.1 Å². The minimum atomic E-state index is -0.520. The Hall–Kier alpha value is -6.44. The number of non-ortho nitro benzene ring substituents is 2. The van der Waals surface area contributed by atoms with E-state index in [-0.39, 0.29) is 46.2 Å². The predicted molar refractivity (Wildman–Crippen MR) is 155 cm³/mol. The first kappa shape index (κ1) is 26.5. The number of ether oxygens (including phenoxy) is 4. The molecule has 0 N–H and O–H groups in total. The molecule has 2 aromatic heterocycles. The number of rotatable bonds is 2. The second kappa shape index (κ2) is 10.1. The third kappa shape index (κ3) is 5.07. The number of nitro groups is 2. The van der Waals surface area contributed by atoms with Gasteiger partial charge in [0.05, 0.1) is 31.7 Å². The molecule has 216 valence electrons. The lowest BCUT2D eigenvalue weighted by atomic mass is 10.2. The van der Waals surface area contributed by atoms with Crippen LogP contribution in [0.3, 0.4) is 0 Å². The van der Waals surface area contributed by atoms with E-state index < -0.39 is 9.85 Å². The maximum absolute atomic E-state index is 11.5. The van der Waals surface area contributed by atoms with Gasteiger partial charge in [-0.15, -0.1) is 0 Å². The number of hydrogen-bond acceptors (Lipinski definition) is 12. The molecule has 0 unspecified atom stereocenters. The van der Waals surface area contributed by atoms with Crippen molar-refractivity contribution in [2.75, 3.05) is 0 Å². The lowest BCUT2D eigenvalue weighted by Crippen LogP contribution is -2.01. The predicted octanol–water partition coefficient (Wildman–Crippen LogP) is 7.49. The van der Waals surface area contributed by atoms with Crippen molar-refractivity contribution in [2.45, 2.75) is 13.8 Å². The third-order valence-corrected chi connectivity index (χ3v) is 6.57. The van der Waals surface area contributed by atoms with Crippen molar-refractivity contribution in [1.29, 1.82) is 0 Å². The van der Waals surface area contributed by atoms with Gasteiger partial charge < -0.3 is 18.9 Å². The molecule has 44 heavy (non-hydrogen) atoms. The number of aryl methyl sites for hydroxylation is 2. The smallest absolute Gasteiger partial charge is 0.325 e. The Labute approximate surface area is 246 Å². The van der Waals surface area contributed by atoms with Gasteiger partial charge in [0.1, 0.15) is 23.0 Å². The largest absolute Gasteiger partial charge is 0.438 e. The average molecular weight is 591 g/mol. The van der Waals surface area contributed by atoms with Gasteiger partial charge in [-0.25, -0.2) is 0 Å². The SMILES string of the molecule is Cc1cc2cc(c1)Oc1nc(nc3cc([N+](=O)[O-])ccc13)Oc1cc(C)cc(c1)Oc1nc(nc3cc([N+](=O)[O-])ccc13)O2. The summed E-state index contributed by atoms with van der Waals surface area (Å²) in [4.78, 5) is 39.7. The lowest BCUT2D eigenvalue weighted by Gasteiger charge is -2.15. The Morgan fingerprint density at radius 3 is 1.30 bits per heavy atom. The number of hydrogen-bond donors (Lipinski definition) is 0. The van der Waals surface area contributed by atoms with Gasteiger partial charge in [-0.05, 0) is 61.4 Å². The molecule has 0 saturated carbocycles. The van der Waals surface area contributed by atoms with Crippen molar-refractivity contribution < 1.29 is 28.8 Å². The molecule has 14 nitrogen and oxygen atoms in total. The molecule has 0 atom stereocenters. The lowest BCUT2D eigenvalue weighted by molar-refractivity contribution is -0.384. The molecular weight excluding hydrogens is 572 g/mol. The van der Waals surface area contributed by atoms with Gasteiger partial charge in [-0.1, -0.05) is 0 Å². The van der Waals surface area contributed by atoms with Crippen molar-refractivity contribution in [1.82, 2.24) is 19.9 Å². The van der Waals surface area contributed by atoms with Crippen LogP contribution in [0.1, 0.15) is 11.1 Å². The molecule has 8 bridgehead atoms. The van der Waals surface area contributed by atoms with Crippen LogP contribution >= 0.6 is 0 Å². The van der Waals surface area contributed by atoms with Crippen LogP contribution in [0.2, 0.25) is 0 Å². The van der Waals surface area contributed by atoms with Gasteiger partial charge in [0.2, 0.25) is 11.8 Å². The Bertz CT molecular complexity index is 2030. The number of benzene rings is 4. The first-order valence-corrected chi connectivity index (χ1v) is 13.0. The first-order chi connectivity index (χ1) is 21.2. The van der Waals surface area contributed by atoms with Crippen molar-refractivity contribution >= 4 is 33.2 Å². The zero-order valence-corrected chi connectivity index (χ0v) is 22.9. The summed E-state index contributed by atoms with van der Waals surface area (Å²) in [6.07, 6.45) is 0. The molecule has 0 fully saturated rings. The molecule has 0 radical (unpaired) electrons. The fraction of sp³-hybridized carbons (Fsp3) is 0.0667. The average Bonchev–Trinajstić information content (AvgIpc) is 2.95. The summed E-state index contributed by atoms with van der Waals surface area (Å²) in [6.45, 7) is 3.64. The van der Waals surface area contributed by atoms with Gasteiger partial charge in [-0.3, -0.25) is 20.2 Å². The molecule has 0 spiro atoms. The van der Waals surface area contributed by atoms with Crippen LogP contribution < -0.4 is 18.9 Å². The van der Waals surface area contributed by atoms with E-state index in [1.807, 2.05) is 13.8 Å². The number of nitrogens with zero attached hydrogens (tertiary/aromatic N) is 6. The van der Waals surface area contributed by atoms with E-state index in [1.165, 1.54) is 36.4 Å². The highest BCUT2D eigenvalue weighted by atomic mass is 16.6. The van der Waals surface area contributed by atoms with Gasteiger partial charge in [0.25, 0.3) is 11.4 Å². The van der Waals surface area contributed by atoms with Gasteiger partial charge in [-0.2, -0.15) is 19.9 Å². The standard InChI is InChI=1S/C30H18N6O8/c1-15-7-19-13-21(9-15)43-29-31-26-12-18(36(39)40)4-6-24(26)28(34-29)42-20-8-16(2)10-22(14-20)44-30-32-25-11-17(35(37)38)3-5-23(25)27(33-30)41-19/h3-14H,1-2H3. The fourth-order valence-corrected chi connectivity index (χ4v) is 4.71. The van der Waals surface area contributed by atoms with E-state index in [0.717, 1.165) is 11.1 Å². The van der Waals surface area contributed by atoms with Crippen molar-refractivity contribution in [3.8, 4) is 46.8 Å². The summed E-state index contributed by atoms with van der Waals surface area (Å²) in [5, 5.41) is 23.8. The summed E-state index contributed by atoms with van der Waals surface area (Å²) in [5.41, 5.74) is 1.65. The summed E-state index contributed by atoms with van der Waals surface area (Å²) in [5.74, 6) is 1.41. The second-order valence-corrected chi connectivity index (χ2v) is 9.91. The molecule has 0 saturated heterocycles. The van der Waals surface area contributed by atoms with E-state index >= 15 is 0 Å². The fourth-order valence-electron chi connectivity index (χ4n) is 4.71. The molecule has 1 aliphatic heterocycles. The normalized spacial score (nSPS) is 12.0. The molecule has 0 amide bonds. The first-order valence-electron chi connectivity index (χ1n) is 13.0. The van der Waals surface area contributed by atoms with Gasteiger partial charge in [0, 0.05) is 36.4 Å². The maximum atomic E-state index is 11.5. The second-order valence-electron chi connectivity index (χ2n) is 9.91. The zero-order chi connectivity index (χ0) is 30.5. The molecule has 14 heteroatoms. The van der Waals surface area contributed by atoms with Crippen LogP contribution in [0.15, 0.2) is 72.8 Å². The number of nitro benzene ring substituents is 2. The van der Waals surface area contributed by atoms with Crippen molar-refractivity contribution in [3.63, 3.8) is 0 Å². The molecule has 7 rings (SSSR count). The number of fused-ring (bicyclic) bond motifs is 12. The molecule has 4 aromatic carbocycles. The molecule has 3 heterocycles. The molecule has 1 aliphatic rings. The Morgan fingerprint density at radius 2 is 0.909 bits per heavy atom. The Morgan fingerprint density at radius 1 is 0.523 bits per heavy atom. The van der Waals surface area contributed by atoms with Crippen LogP contribution in [0.4, 0.5) is 11.4 Å². The van der Waals surface area contributed by atoms with E-state index in [0.29, 0.717) is 33.8 Å². The van der Waals surface area contributed by atoms with Crippen LogP contribution in [-0.4, -0.2) is 29.8 Å². The highest BCUT2D eigenvalue weighted by Gasteiger charge is 2.20. The summed E-state index contributed by atoms with van der Waals surface area (Å²) >= 11 is 0. The number of aromatic nitrogens is 4. The topological polar surface area (TPSA) is 175 Å². The van der Waals surface area contributed by atoms with Gasteiger partial charge in [0.15, 0.2) is 0 Å². The van der Waals surface area contributed by atoms with E-state index in [1.54, 1.807) is 36.4 Å². The quantitative estimate of drug-likeness (QED) is 0.143. The monoisotopic (exact) mass is 590 g/mol. The van der Waals surface area contributed by atoms with Crippen LogP contribution in [0.25, 0.3) is 21.8 Å². The summed E-state index contributed by atoms with van der Waals surface area (Å²) < 4.78 is 24.4. The maximum Gasteiger partial charge on any atom is 0.325 e. The Kier molecular flexibility index (Phi) is 6.09. The molecule has 0 aliphatic carbocycles. The van der Waals surface area contributed by atoms with Crippen LogP contribution in [0.5, 0.6) is 46.8 Å². The van der Waals surface area contributed by atoms with E-state index in [2.05, 4.69) is 19.9 Å². The Balaban J connectivity index is 1.45. The molecular formula is C30H18N6O8.